The van der Waals surface area contributed by atoms with E-state index in [1.54, 1.807) is 6.20 Å². The van der Waals surface area contributed by atoms with Gasteiger partial charge in [-0.2, -0.15) is 0 Å². The van der Waals surface area contributed by atoms with Gasteiger partial charge in [-0.3, -0.25) is 4.79 Å². The molecule has 2 aromatic rings. The fourth-order valence-corrected chi connectivity index (χ4v) is 4.71. The van der Waals surface area contributed by atoms with E-state index in [4.69, 9.17) is 4.42 Å². The number of aromatic nitrogens is 1. The minimum absolute atomic E-state index is 0.0864. The summed E-state index contributed by atoms with van der Waals surface area (Å²) in [5.74, 6) is 1.47. The average molecular weight is 370 g/mol. The molecule has 2 bridgehead atoms. The zero-order valence-electron chi connectivity index (χ0n) is 16.7. The Hall–Kier alpha value is -2.08. The molecular formula is C21H30N4O2. The van der Waals surface area contributed by atoms with Crippen LogP contribution in [0, 0.1) is 5.92 Å². The molecule has 0 aromatic carbocycles. The summed E-state index contributed by atoms with van der Waals surface area (Å²) in [5, 5.41) is 4.10. The Morgan fingerprint density at radius 1 is 1.26 bits per heavy atom. The van der Waals surface area contributed by atoms with Gasteiger partial charge in [0.1, 0.15) is 5.69 Å². The maximum Gasteiger partial charge on any atom is 0.270 e. The molecule has 1 unspecified atom stereocenters. The van der Waals surface area contributed by atoms with Gasteiger partial charge in [-0.05, 0) is 59.1 Å². The Morgan fingerprint density at radius 3 is 2.74 bits per heavy atom. The zero-order valence-corrected chi connectivity index (χ0v) is 16.7. The zero-order chi connectivity index (χ0) is 19.1. The summed E-state index contributed by atoms with van der Waals surface area (Å²) in [6.45, 7) is 11.9. The Bertz CT molecular complexity index is 809. The van der Waals surface area contributed by atoms with Crippen LogP contribution in [0.3, 0.4) is 0 Å². The van der Waals surface area contributed by atoms with Crippen molar-refractivity contribution in [3.8, 4) is 0 Å². The third-order valence-corrected chi connectivity index (χ3v) is 5.79. The molecule has 0 saturated carbocycles. The molecular weight excluding hydrogens is 340 g/mol. The third-order valence-electron chi connectivity index (χ3n) is 5.79. The lowest BCUT2D eigenvalue weighted by Gasteiger charge is -2.30. The summed E-state index contributed by atoms with van der Waals surface area (Å²) in [6, 6.07) is 4.75. The second-order valence-electron chi connectivity index (χ2n) is 8.61. The maximum absolute atomic E-state index is 12.7. The van der Waals surface area contributed by atoms with Crippen LogP contribution in [0.1, 0.15) is 51.0 Å². The number of rotatable bonds is 5. The van der Waals surface area contributed by atoms with Gasteiger partial charge in [0.15, 0.2) is 11.5 Å². The predicted molar refractivity (Wildman–Crippen MR) is 107 cm³/mol. The smallest absolute Gasteiger partial charge is 0.270 e. The number of fused-ring (bicyclic) bond motifs is 3. The van der Waals surface area contributed by atoms with E-state index in [0.717, 1.165) is 35.7 Å². The quantitative estimate of drug-likeness (QED) is 0.875. The molecule has 0 radical (unpaired) electrons. The topological polar surface area (TPSA) is 61.6 Å². The van der Waals surface area contributed by atoms with Crippen LogP contribution in [0.15, 0.2) is 22.7 Å². The number of anilines is 1. The highest BCUT2D eigenvalue weighted by Gasteiger charge is 2.33. The molecule has 6 heteroatoms. The summed E-state index contributed by atoms with van der Waals surface area (Å²) < 4.78 is 6.00. The number of hydrogen-bond donors (Lipinski definition) is 1. The molecule has 4 rings (SSSR count). The minimum atomic E-state index is -0.0864. The number of amides is 1. The highest BCUT2D eigenvalue weighted by atomic mass is 16.4. The highest BCUT2D eigenvalue weighted by Crippen LogP contribution is 2.29. The normalized spacial score (nSPS) is 24.7. The SMILES string of the molecule is CC(C)N(c1cc2cc(C(=O)N[C@@H]3C[C@@H]4CCN(C4)C3)ncc2o1)C(C)C. The van der Waals surface area contributed by atoms with Gasteiger partial charge in [-0.1, -0.05) is 0 Å². The number of nitrogens with one attached hydrogen (secondary N) is 1. The van der Waals surface area contributed by atoms with Crippen LogP contribution in [0.2, 0.25) is 0 Å². The van der Waals surface area contributed by atoms with E-state index in [2.05, 4.69) is 47.8 Å². The first-order valence-electron chi connectivity index (χ1n) is 10.1. The van der Waals surface area contributed by atoms with Gasteiger partial charge in [0.2, 0.25) is 0 Å². The lowest BCUT2D eigenvalue weighted by Crippen LogP contribution is -2.47. The Labute approximate surface area is 160 Å². The first-order valence-corrected chi connectivity index (χ1v) is 10.1. The molecule has 2 aliphatic rings. The van der Waals surface area contributed by atoms with Crippen molar-refractivity contribution < 1.29 is 9.21 Å². The number of pyridine rings is 1. The first-order chi connectivity index (χ1) is 12.9. The second kappa shape index (κ2) is 7.15. The highest BCUT2D eigenvalue weighted by molar-refractivity contribution is 5.96. The fourth-order valence-electron chi connectivity index (χ4n) is 4.71. The van der Waals surface area contributed by atoms with Gasteiger partial charge >= 0.3 is 0 Å². The van der Waals surface area contributed by atoms with Crippen LogP contribution >= 0.6 is 0 Å². The monoisotopic (exact) mass is 370 g/mol. The number of piperidine rings is 1. The van der Waals surface area contributed by atoms with Gasteiger partial charge in [0.25, 0.3) is 5.91 Å². The summed E-state index contributed by atoms with van der Waals surface area (Å²) in [7, 11) is 0. The number of carbonyl (C=O) groups excluding carboxylic acids is 1. The number of hydrogen-bond acceptors (Lipinski definition) is 5. The Morgan fingerprint density at radius 2 is 2.04 bits per heavy atom. The lowest BCUT2D eigenvalue weighted by molar-refractivity contribution is 0.0904. The predicted octanol–water partition coefficient (Wildman–Crippen LogP) is 3.28. The molecule has 2 saturated heterocycles. The molecule has 1 N–H and O–H groups in total. The van der Waals surface area contributed by atoms with Crippen LogP contribution in [0.25, 0.3) is 11.0 Å². The molecule has 2 aliphatic heterocycles. The van der Waals surface area contributed by atoms with Gasteiger partial charge in [0.05, 0.1) is 6.20 Å². The molecule has 3 atom stereocenters. The Balaban J connectivity index is 1.51. The van der Waals surface area contributed by atoms with Crippen molar-refractivity contribution in [3.05, 3.63) is 24.0 Å². The van der Waals surface area contributed by atoms with Gasteiger partial charge in [-0.25, -0.2) is 4.98 Å². The molecule has 4 heterocycles. The van der Waals surface area contributed by atoms with Crippen LogP contribution in [-0.2, 0) is 0 Å². The molecule has 2 fully saturated rings. The van der Waals surface area contributed by atoms with E-state index in [1.165, 1.54) is 19.5 Å². The molecule has 27 heavy (non-hydrogen) atoms. The van der Waals surface area contributed by atoms with Crippen LogP contribution in [-0.4, -0.2) is 53.6 Å². The summed E-state index contributed by atoms with van der Waals surface area (Å²) >= 11 is 0. The van der Waals surface area contributed by atoms with E-state index < -0.39 is 0 Å². The van der Waals surface area contributed by atoms with Gasteiger partial charge < -0.3 is 19.5 Å². The van der Waals surface area contributed by atoms with E-state index in [9.17, 15) is 4.79 Å². The number of nitrogens with zero attached hydrogens (tertiary/aromatic N) is 3. The van der Waals surface area contributed by atoms with Crippen molar-refractivity contribution in [1.29, 1.82) is 0 Å². The van der Waals surface area contributed by atoms with E-state index in [1.807, 2.05) is 12.1 Å². The van der Waals surface area contributed by atoms with Crippen molar-refractivity contribution in [2.75, 3.05) is 24.5 Å². The standard InChI is InChI=1S/C21H30N4O2/c1-13(2)25(14(3)4)20-9-16-8-18(22-10-19(16)27-20)21(26)23-17-7-15-5-6-24(11-15)12-17/h8-10,13-15,17H,5-7,11-12H2,1-4H3,(H,23,26)/t15-,17+/m0/s1. The lowest BCUT2D eigenvalue weighted by atomic mass is 9.97. The third kappa shape index (κ3) is 3.68. The van der Waals surface area contributed by atoms with E-state index >= 15 is 0 Å². The Kier molecular flexibility index (Phi) is 4.84. The average Bonchev–Trinajstić information content (AvgIpc) is 3.15. The van der Waals surface area contributed by atoms with Crippen molar-refractivity contribution in [3.63, 3.8) is 0 Å². The van der Waals surface area contributed by atoms with Crippen LogP contribution < -0.4 is 10.2 Å². The van der Waals surface area contributed by atoms with Gasteiger partial charge in [0, 0.05) is 42.7 Å². The first kappa shape index (κ1) is 18.3. The van der Waals surface area contributed by atoms with Crippen LogP contribution in [0.4, 0.5) is 5.88 Å². The van der Waals surface area contributed by atoms with E-state index in [0.29, 0.717) is 17.8 Å². The van der Waals surface area contributed by atoms with Crippen LogP contribution in [0.5, 0.6) is 0 Å². The number of furan rings is 1. The number of carbonyl (C=O) groups is 1. The molecule has 1 amide bonds. The summed E-state index contributed by atoms with van der Waals surface area (Å²) in [6.07, 6.45) is 4.01. The summed E-state index contributed by atoms with van der Waals surface area (Å²) in [4.78, 5) is 21.7. The maximum atomic E-state index is 12.7. The van der Waals surface area contributed by atoms with Gasteiger partial charge in [-0.15, -0.1) is 0 Å². The fraction of sp³-hybridized carbons (Fsp3) is 0.619. The second-order valence-corrected chi connectivity index (χ2v) is 8.61. The molecule has 2 aromatic heterocycles. The molecule has 6 nitrogen and oxygen atoms in total. The molecule has 0 spiro atoms. The van der Waals surface area contributed by atoms with Crippen molar-refractivity contribution >= 4 is 22.8 Å². The van der Waals surface area contributed by atoms with E-state index in [-0.39, 0.29) is 11.9 Å². The minimum Gasteiger partial charge on any atom is -0.439 e. The molecule has 146 valence electrons. The van der Waals surface area contributed by atoms with Crippen molar-refractivity contribution in [1.82, 2.24) is 15.2 Å². The summed E-state index contributed by atoms with van der Waals surface area (Å²) in [5.41, 5.74) is 1.18. The van der Waals surface area contributed by atoms with Crippen molar-refractivity contribution in [2.45, 2.75) is 58.7 Å². The largest absolute Gasteiger partial charge is 0.439 e. The van der Waals surface area contributed by atoms with Crippen molar-refractivity contribution in [2.24, 2.45) is 5.92 Å². The molecule has 0 aliphatic carbocycles.